The van der Waals surface area contributed by atoms with E-state index in [1.165, 1.54) is 11.0 Å². The van der Waals surface area contributed by atoms with Crippen LogP contribution in [0, 0.1) is 18.3 Å². The van der Waals surface area contributed by atoms with Gasteiger partial charge in [-0.1, -0.05) is 5.21 Å². The lowest BCUT2D eigenvalue weighted by Crippen LogP contribution is -2.30. The minimum Gasteiger partial charge on any atom is -0.482 e. The molecule has 11 heteroatoms. The second-order valence-electron chi connectivity index (χ2n) is 8.02. The maximum Gasteiger partial charge on any atom is 0.148 e. The maximum absolute atomic E-state index is 9.57. The minimum absolute atomic E-state index is 0.337. The lowest BCUT2D eigenvalue weighted by atomic mass is 10.1. The van der Waals surface area contributed by atoms with Crippen LogP contribution in [0.3, 0.4) is 0 Å². The zero-order chi connectivity index (χ0) is 22.2. The van der Waals surface area contributed by atoms with Crippen molar-refractivity contribution in [3.63, 3.8) is 0 Å². The molecule has 1 saturated heterocycles. The van der Waals surface area contributed by atoms with E-state index in [-0.39, 0.29) is 6.10 Å². The van der Waals surface area contributed by atoms with Crippen LogP contribution in [0.1, 0.15) is 48.9 Å². The van der Waals surface area contributed by atoms with Gasteiger partial charge in [0.05, 0.1) is 24.1 Å². The standard InChI is InChI=1S/C21H24N10O/c1-13-20(26-28-31(13)17-4-6-23-7-5-17)15-8-19(21-16(9-22)10-25-30(21)12-15)32-14(2)18-11-24-29(3)27-18/h8,10-12,14,17,23H,4-7H2,1-3H3. The zero-order valence-electron chi connectivity index (χ0n) is 18.2. The third kappa shape index (κ3) is 3.48. The van der Waals surface area contributed by atoms with E-state index in [1.54, 1.807) is 17.8 Å². The van der Waals surface area contributed by atoms with Gasteiger partial charge in [-0.3, -0.25) is 0 Å². The van der Waals surface area contributed by atoms with Crippen molar-refractivity contribution >= 4 is 5.52 Å². The average molecular weight is 432 g/mol. The van der Waals surface area contributed by atoms with Gasteiger partial charge in [0.25, 0.3) is 0 Å². The van der Waals surface area contributed by atoms with E-state index >= 15 is 0 Å². The molecule has 0 aromatic carbocycles. The molecule has 1 N–H and O–H groups in total. The Morgan fingerprint density at radius 1 is 1.25 bits per heavy atom. The van der Waals surface area contributed by atoms with E-state index < -0.39 is 0 Å². The fourth-order valence-corrected chi connectivity index (χ4v) is 4.19. The molecule has 164 valence electrons. The van der Waals surface area contributed by atoms with Gasteiger partial charge in [-0.25, -0.2) is 9.20 Å². The molecule has 32 heavy (non-hydrogen) atoms. The van der Waals surface area contributed by atoms with E-state index in [1.807, 2.05) is 30.8 Å². The van der Waals surface area contributed by atoms with Crippen molar-refractivity contribution in [3.8, 4) is 23.1 Å². The van der Waals surface area contributed by atoms with Gasteiger partial charge in [0.15, 0.2) is 0 Å². The van der Waals surface area contributed by atoms with Crippen LogP contribution in [-0.4, -0.2) is 52.7 Å². The Balaban J connectivity index is 1.56. The SMILES string of the molecule is Cc1c(-c2cc(OC(C)c3cnn(C)n3)c3c(C#N)cnn3c2)nnn1C1CCNCC1. The molecular weight excluding hydrogens is 408 g/mol. The van der Waals surface area contributed by atoms with Crippen molar-refractivity contribution in [2.24, 2.45) is 7.05 Å². The van der Waals surface area contributed by atoms with Crippen LogP contribution >= 0.6 is 0 Å². The van der Waals surface area contributed by atoms with Gasteiger partial charge in [0.2, 0.25) is 0 Å². The second kappa shape index (κ2) is 8.05. The molecular formula is C21H24N10O. The first-order chi connectivity index (χ1) is 15.5. The molecule has 5 rings (SSSR count). The molecule has 0 radical (unpaired) electrons. The normalized spacial score (nSPS) is 15.7. The van der Waals surface area contributed by atoms with Crippen LogP contribution in [0.5, 0.6) is 5.75 Å². The Kier molecular flexibility index (Phi) is 5.07. The summed E-state index contributed by atoms with van der Waals surface area (Å²) in [6.45, 7) is 5.89. The minimum atomic E-state index is -0.365. The number of ether oxygens (including phenoxy) is 1. The summed E-state index contributed by atoms with van der Waals surface area (Å²) in [6.07, 6.45) is 6.75. The van der Waals surface area contributed by atoms with Crippen LogP contribution in [-0.2, 0) is 7.05 Å². The first-order valence-electron chi connectivity index (χ1n) is 10.6. The molecule has 11 nitrogen and oxygen atoms in total. The lowest BCUT2D eigenvalue weighted by Gasteiger charge is -2.23. The average Bonchev–Trinajstić information content (AvgIpc) is 3.52. The first kappa shape index (κ1) is 20.1. The molecule has 0 amide bonds. The smallest absolute Gasteiger partial charge is 0.148 e. The van der Waals surface area contributed by atoms with Crippen molar-refractivity contribution in [3.05, 3.63) is 41.6 Å². The van der Waals surface area contributed by atoms with E-state index in [0.717, 1.165) is 42.9 Å². The molecule has 1 atom stereocenters. The van der Waals surface area contributed by atoms with Crippen LogP contribution in [0.2, 0.25) is 0 Å². The number of nitrogens with zero attached hydrogens (tertiary/aromatic N) is 9. The summed E-state index contributed by atoms with van der Waals surface area (Å²) in [5.41, 5.74) is 4.34. The Morgan fingerprint density at radius 3 is 2.78 bits per heavy atom. The number of pyridine rings is 1. The summed E-state index contributed by atoms with van der Waals surface area (Å²) in [4.78, 5) is 1.49. The highest BCUT2D eigenvalue weighted by Crippen LogP contribution is 2.33. The Labute approximate surface area is 184 Å². The van der Waals surface area contributed by atoms with Gasteiger partial charge in [0, 0.05) is 18.8 Å². The summed E-state index contributed by atoms with van der Waals surface area (Å²) in [7, 11) is 1.76. The quantitative estimate of drug-likeness (QED) is 0.508. The van der Waals surface area contributed by atoms with E-state index in [2.05, 4.69) is 37.0 Å². The van der Waals surface area contributed by atoms with Gasteiger partial charge in [-0.05, 0) is 45.8 Å². The maximum atomic E-state index is 9.57. The third-order valence-corrected chi connectivity index (χ3v) is 5.89. The van der Waals surface area contributed by atoms with E-state index in [0.29, 0.717) is 28.6 Å². The molecule has 1 aliphatic heterocycles. The molecule has 1 aliphatic rings. The van der Waals surface area contributed by atoms with Crippen LogP contribution < -0.4 is 10.1 Å². The topological polar surface area (TPSA) is 124 Å². The van der Waals surface area contributed by atoms with Gasteiger partial charge in [0.1, 0.15) is 40.4 Å². The molecule has 0 spiro atoms. The molecule has 0 saturated carbocycles. The summed E-state index contributed by atoms with van der Waals surface area (Å²) < 4.78 is 9.94. The Morgan fingerprint density at radius 2 is 2.06 bits per heavy atom. The number of rotatable bonds is 5. The summed E-state index contributed by atoms with van der Waals surface area (Å²) in [5, 5.41) is 34.7. The van der Waals surface area contributed by atoms with Crippen molar-refractivity contribution < 1.29 is 4.74 Å². The number of aryl methyl sites for hydroxylation is 1. The molecule has 5 heterocycles. The van der Waals surface area contributed by atoms with Gasteiger partial charge >= 0.3 is 0 Å². The predicted octanol–water partition coefficient (Wildman–Crippen LogP) is 1.97. The predicted molar refractivity (Wildman–Crippen MR) is 115 cm³/mol. The molecule has 0 aliphatic carbocycles. The van der Waals surface area contributed by atoms with Crippen molar-refractivity contribution in [2.75, 3.05) is 13.1 Å². The molecule has 4 aromatic heterocycles. The van der Waals surface area contributed by atoms with Gasteiger partial charge < -0.3 is 10.1 Å². The summed E-state index contributed by atoms with van der Waals surface area (Å²) in [5.74, 6) is 0.533. The number of hydrogen-bond donors (Lipinski definition) is 1. The lowest BCUT2D eigenvalue weighted by molar-refractivity contribution is 0.223. The van der Waals surface area contributed by atoms with E-state index in [4.69, 9.17) is 4.74 Å². The number of hydrogen-bond acceptors (Lipinski definition) is 8. The third-order valence-electron chi connectivity index (χ3n) is 5.89. The van der Waals surface area contributed by atoms with Gasteiger partial charge in [-0.15, -0.1) is 5.10 Å². The number of piperidine rings is 1. The molecule has 1 unspecified atom stereocenters. The van der Waals surface area contributed by atoms with Crippen LogP contribution in [0.15, 0.2) is 24.7 Å². The number of nitriles is 1. The van der Waals surface area contributed by atoms with Crippen LogP contribution in [0.4, 0.5) is 0 Å². The number of aromatic nitrogens is 8. The summed E-state index contributed by atoms with van der Waals surface area (Å²) >= 11 is 0. The summed E-state index contributed by atoms with van der Waals surface area (Å²) in [6, 6.07) is 4.43. The zero-order valence-corrected chi connectivity index (χ0v) is 18.2. The number of fused-ring (bicyclic) bond motifs is 1. The highest BCUT2D eigenvalue weighted by atomic mass is 16.5. The van der Waals surface area contributed by atoms with Gasteiger partial charge in [-0.2, -0.15) is 25.4 Å². The molecule has 0 bridgehead atoms. The fraction of sp³-hybridized carbons (Fsp3) is 0.429. The first-order valence-corrected chi connectivity index (χ1v) is 10.6. The molecule has 4 aromatic rings. The molecule has 1 fully saturated rings. The van der Waals surface area contributed by atoms with Crippen LogP contribution in [0.25, 0.3) is 16.8 Å². The van der Waals surface area contributed by atoms with Crippen molar-refractivity contribution in [1.82, 2.24) is 44.9 Å². The monoisotopic (exact) mass is 432 g/mol. The number of nitrogens with one attached hydrogen (secondary N) is 1. The Hall–Kier alpha value is -3.78. The Bertz CT molecular complexity index is 1300. The second-order valence-corrected chi connectivity index (χ2v) is 8.02. The van der Waals surface area contributed by atoms with E-state index in [9.17, 15) is 5.26 Å². The van der Waals surface area contributed by atoms with Crippen molar-refractivity contribution in [2.45, 2.75) is 38.8 Å². The largest absolute Gasteiger partial charge is 0.482 e. The van der Waals surface area contributed by atoms with Crippen molar-refractivity contribution in [1.29, 1.82) is 5.26 Å². The highest BCUT2D eigenvalue weighted by molar-refractivity contribution is 5.74. The highest BCUT2D eigenvalue weighted by Gasteiger charge is 2.23. The fourth-order valence-electron chi connectivity index (χ4n) is 4.19.